The third-order valence-electron chi connectivity index (χ3n) is 16.0. The predicted octanol–water partition coefficient (Wildman–Crippen LogP) is 5.00. The van der Waals surface area contributed by atoms with Crippen LogP contribution in [0.1, 0.15) is 128 Å². The molecule has 3 aliphatic heterocycles. The number of carbonyl (C=O) groups is 9. The molecular formula is C63H86N8O17PS+. The summed E-state index contributed by atoms with van der Waals surface area (Å²) in [5.74, 6) is -5.54. The number of rotatable bonds is 37. The summed E-state index contributed by atoms with van der Waals surface area (Å²) < 4.78 is 58.4. The van der Waals surface area contributed by atoms with Gasteiger partial charge in [-0.3, -0.25) is 57.1 Å². The van der Waals surface area contributed by atoms with Gasteiger partial charge in [0, 0.05) is 149 Å². The van der Waals surface area contributed by atoms with E-state index in [0.717, 1.165) is 64.2 Å². The molecule has 0 radical (unpaired) electrons. The van der Waals surface area contributed by atoms with Crippen LogP contribution in [0.4, 0.5) is 5.69 Å². The number of nitrogens with one attached hydrogen (secondary N) is 3. The normalized spacial score (nSPS) is 14.2. The van der Waals surface area contributed by atoms with Crippen LogP contribution in [0.15, 0.2) is 77.2 Å². The molecule has 25 nitrogen and oxygen atoms in total. The van der Waals surface area contributed by atoms with Gasteiger partial charge in [0.25, 0.3) is 27.8 Å². The highest BCUT2D eigenvalue weighted by Gasteiger charge is 2.31. The first-order chi connectivity index (χ1) is 42.9. The minimum atomic E-state index is -5.01. The number of benzene rings is 3. The van der Waals surface area contributed by atoms with Crippen molar-refractivity contribution < 1.29 is 79.4 Å². The van der Waals surface area contributed by atoms with Gasteiger partial charge in [-0.05, 0) is 102 Å². The Morgan fingerprint density at radius 1 is 0.722 bits per heavy atom. The van der Waals surface area contributed by atoms with E-state index in [2.05, 4.69) is 94.0 Å². The molecule has 4 aliphatic rings. The van der Waals surface area contributed by atoms with E-state index >= 15 is 0 Å². The Morgan fingerprint density at radius 3 is 2.03 bits per heavy atom. The lowest BCUT2D eigenvalue weighted by Crippen LogP contribution is -2.50. The summed E-state index contributed by atoms with van der Waals surface area (Å²) in [7, 11) is -9.73. The number of nitrogens with zero attached hydrogens (tertiary/aromatic N) is 5. The number of amides is 7. The van der Waals surface area contributed by atoms with Gasteiger partial charge in [0.1, 0.15) is 42.0 Å². The first kappa shape index (κ1) is 71.6. The van der Waals surface area contributed by atoms with Crippen LogP contribution in [0.3, 0.4) is 0 Å². The molecule has 6 rings (SSSR count). The Kier molecular flexibility index (Phi) is 27.6. The fourth-order valence-electron chi connectivity index (χ4n) is 11.1. The monoisotopic (exact) mass is 1290 g/mol. The van der Waals surface area contributed by atoms with Crippen LogP contribution in [0.25, 0.3) is 33.4 Å². The number of hydrogen-bond donors (Lipinski definition) is 6. The number of anilines is 1. The number of unbranched alkanes of at least 4 members (excludes halogenated alkanes) is 4. The summed E-state index contributed by atoms with van der Waals surface area (Å²) >= 11 is 0. The number of ketones is 2. The quantitative estimate of drug-likeness (QED) is 0.00864. The van der Waals surface area contributed by atoms with Gasteiger partial charge < -0.3 is 44.9 Å². The van der Waals surface area contributed by atoms with Crippen molar-refractivity contribution in [3.05, 3.63) is 83.7 Å². The maximum atomic E-state index is 14.6. The number of imide groups is 1. The smallest absolute Gasteiger partial charge is 0.456 e. The van der Waals surface area contributed by atoms with Crippen LogP contribution < -0.4 is 30.8 Å². The van der Waals surface area contributed by atoms with E-state index in [1.165, 1.54) is 12.2 Å². The molecule has 490 valence electrons. The minimum absolute atomic E-state index is 0.0803. The molecule has 1 saturated heterocycles. The van der Waals surface area contributed by atoms with Crippen molar-refractivity contribution in [3.63, 3.8) is 0 Å². The summed E-state index contributed by atoms with van der Waals surface area (Å²) in [6, 6.07) is 18.4. The number of piperazine rings is 1. The van der Waals surface area contributed by atoms with E-state index in [1.54, 1.807) is 9.80 Å². The number of fused-ring (bicyclic) bond motifs is 2. The van der Waals surface area contributed by atoms with Crippen molar-refractivity contribution in [2.45, 2.75) is 124 Å². The molecule has 0 saturated carbocycles. The van der Waals surface area contributed by atoms with E-state index in [1.807, 2.05) is 24.3 Å². The molecule has 2 unspecified atom stereocenters. The lowest BCUT2D eigenvalue weighted by molar-refractivity contribution is -0.137. The van der Waals surface area contributed by atoms with E-state index in [-0.39, 0.29) is 95.1 Å². The van der Waals surface area contributed by atoms with Crippen molar-refractivity contribution in [1.82, 2.24) is 35.2 Å². The molecule has 0 bridgehead atoms. The second kappa shape index (κ2) is 34.6. The highest BCUT2D eigenvalue weighted by Crippen LogP contribution is 2.42. The summed E-state index contributed by atoms with van der Waals surface area (Å²) in [6.45, 7) is 12.6. The number of phosphoric acid groups is 1. The highest BCUT2D eigenvalue weighted by atomic mass is 32.2. The minimum Gasteiger partial charge on any atom is -0.456 e. The molecule has 7 amide bonds. The zero-order valence-electron chi connectivity index (χ0n) is 51.8. The topological polar surface area (TPSA) is 340 Å². The molecule has 1 fully saturated rings. The fourth-order valence-corrected chi connectivity index (χ4v) is 12.2. The van der Waals surface area contributed by atoms with Gasteiger partial charge >= 0.3 is 7.82 Å². The molecule has 2 atom stereocenters. The van der Waals surface area contributed by atoms with Crippen molar-refractivity contribution in [2.75, 3.05) is 89.3 Å². The Morgan fingerprint density at radius 2 is 1.36 bits per heavy atom. The molecule has 2 aromatic rings. The van der Waals surface area contributed by atoms with Crippen LogP contribution in [-0.4, -0.2) is 181 Å². The van der Waals surface area contributed by atoms with Gasteiger partial charge in [-0.1, -0.05) is 24.6 Å². The van der Waals surface area contributed by atoms with E-state index in [0.29, 0.717) is 68.8 Å². The number of Topliss-reactive ketones (excluding diaryl/α,β-unsaturated/α-hetero) is 2. The van der Waals surface area contributed by atoms with Gasteiger partial charge in [0.15, 0.2) is 5.78 Å². The first-order valence-electron chi connectivity index (χ1n) is 31.0. The first-order valence-corrected chi connectivity index (χ1v) is 34.1. The number of phosphoric ester groups is 1. The molecule has 6 N–H and O–H groups in total. The third kappa shape index (κ3) is 21.6. The Bertz CT molecular complexity index is 3440. The average Bonchev–Trinajstić information content (AvgIpc) is 0.839. The lowest BCUT2D eigenvalue weighted by atomic mass is 9.90. The number of carbonyl (C=O) groups excluding carboxylic acids is 9. The molecule has 90 heavy (non-hydrogen) atoms. The third-order valence-corrected chi connectivity index (χ3v) is 17.3. The predicted molar refractivity (Wildman–Crippen MR) is 337 cm³/mol. The van der Waals surface area contributed by atoms with Gasteiger partial charge in [-0.2, -0.15) is 8.42 Å². The molecule has 2 aromatic carbocycles. The Hall–Kier alpha value is -7.48. The molecule has 1 aliphatic carbocycles. The van der Waals surface area contributed by atoms with Crippen LogP contribution >= 0.6 is 7.82 Å². The van der Waals surface area contributed by atoms with Gasteiger partial charge in [-0.15, -0.1) is 0 Å². The maximum absolute atomic E-state index is 14.6. The fraction of sp³-hybridized carbons (Fsp3) is 0.524. The molecule has 0 spiro atoms. The highest BCUT2D eigenvalue weighted by molar-refractivity contribution is 7.85. The number of hydrogen-bond acceptors (Lipinski definition) is 15. The molecule has 0 aromatic heterocycles. The van der Waals surface area contributed by atoms with E-state index in [4.69, 9.17) is 4.42 Å². The van der Waals surface area contributed by atoms with Crippen LogP contribution in [0, 0.1) is 5.92 Å². The van der Waals surface area contributed by atoms with E-state index in [9.17, 15) is 70.5 Å². The van der Waals surface area contributed by atoms with Crippen LogP contribution in [-0.2, 0) is 57.6 Å². The Labute approximate surface area is 524 Å². The maximum Gasteiger partial charge on any atom is 0.469 e. The summed E-state index contributed by atoms with van der Waals surface area (Å²) in [4.78, 5) is 141. The summed E-state index contributed by atoms with van der Waals surface area (Å²) in [5, 5.41) is 9.58. The SMILES string of the molecule is CCN(CC)c1ccc2c(-c3ccccc3C(=O)N3CCN(C(=O)CCCCC(=O)NC(CS(=O)(=O)O)C(=O)CCCCCC(=O)CC(COP(=O)(O)O)C(=O)NCCCCC(=O)NCCCN4C(=O)C=CC4=O)CC3)c3ccc(=[N+](CC)CC)cc-3oc2c1. The van der Waals surface area contributed by atoms with Crippen LogP contribution in [0.2, 0.25) is 0 Å². The van der Waals surface area contributed by atoms with Crippen molar-refractivity contribution >= 4 is 87.5 Å². The molecular weight excluding hydrogens is 1200 g/mol. The summed E-state index contributed by atoms with van der Waals surface area (Å²) in [6.07, 6.45) is 3.98. The van der Waals surface area contributed by atoms with Gasteiger partial charge in [0.05, 0.1) is 18.6 Å². The molecule has 3 heterocycles. The van der Waals surface area contributed by atoms with Crippen molar-refractivity contribution in [2.24, 2.45) is 5.92 Å². The van der Waals surface area contributed by atoms with Crippen molar-refractivity contribution in [1.29, 1.82) is 0 Å². The van der Waals surface area contributed by atoms with Crippen molar-refractivity contribution in [3.8, 4) is 22.5 Å². The second-order valence-corrected chi connectivity index (χ2v) is 25.1. The largest absolute Gasteiger partial charge is 0.469 e. The zero-order chi connectivity index (χ0) is 65.5. The lowest BCUT2D eigenvalue weighted by Gasteiger charge is -2.35. The van der Waals surface area contributed by atoms with E-state index < -0.39 is 83.9 Å². The molecule has 27 heteroatoms. The Balaban J connectivity index is 0.918. The second-order valence-electron chi connectivity index (χ2n) is 22.3. The van der Waals surface area contributed by atoms with Crippen LogP contribution in [0.5, 0.6) is 0 Å². The average molecular weight is 1290 g/mol. The summed E-state index contributed by atoms with van der Waals surface area (Å²) in [5.41, 5.74) is 4.77. The standard InChI is InChI=1S/C63H85N8O17PS/c1-5-67(6-2)45-26-28-50-54(40-45)88-55-41-46(68(7-3)8-4)27-29-51(55)61(50)48-20-12-13-21-49(48)63(80)70-37-35-69(36-38-70)58(76)25-15-14-24-57(75)66-52(43-90(84,85)86)53(73)22-11-9-10-19-47(72)39-44(42-87-89(81,82)83)62(79)65-32-17-16-23-56(74)64-33-18-34-71-59(77)30-31-60(71)78/h12-13,20-21,26-31,40-41,44,52H,5-11,14-19,22-25,32-39,42-43H2,1-4H3,(H5-,64,65,66,74,75,79,81,82,83,84,85,86)/p+1. The van der Waals surface area contributed by atoms with Gasteiger partial charge in [0.2, 0.25) is 29.0 Å². The zero-order valence-corrected chi connectivity index (χ0v) is 53.5. The van der Waals surface area contributed by atoms with Gasteiger partial charge in [-0.25, -0.2) is 9.14 Å².